The molecule has 0 spiro atoms. The number of nitro groups is 1. The number of hydrazone groups is 1. The van der Waals surface area contributed by atoms with Crippen LogP contribution in [0.4, 0.5) is 24.5 Å². The van der Waals surface area contributed by atoms with Gasteiger partial charge >= 0.3 is 12.1 Å². The molecule has 0 bridgehead atoms. The molecule has 0 N–H and O–H groups in total. The SMILES string of the molecule is CCOC(=O)C1=NN(c2ccc([N+](=O)[O-])cc2)C(c2ccccc2)=CP1(=O)OCC(F)(F)F. The van der Waals surface area contributed by atoms with Crippen LogP contribution in [0.15, 0.2) is 65.5 Å². The molecule has 1 unspecified atom stereocenters. The number of nitro benzene ring substituents is 1. The molecule has 0 fully saturated rings. The van der Waals surface area contributed by atoms with Crippen molar-refractivity contribution in [3.63, 3.8) is 0 Å². The standard InChI is InChI=1S/C20H17F3N3O6P/c1-2-31-19(27)18-24-25(15-8-10-16(11-9-15)26(28)29)17(14-6-4-3-5-7-14)12-33(18,30)32-13-20(21,22)23/h3-12H,2,13H2,1H3. The van der Waals surface area contributed by atoms with Gasteiger partial charge < -0.3 is 9.26 Å². The molecular weight excluding hydrogens is 466 g/mol. The van der Waals surface area contributed by atoms with Crippen LogP contribution in [-0.4, -0.2) is 35.7 Å². The number of anilines is 1. The number of halogens is 3. The van der Waals surface area contributed by atoms with Gasteiger partial charge in [0.25, 0.3) is 13.1 Å². The van der Waals surface area contributed by atoms with E-state index < -0.39 is 36.5 Å². The van der Waals surface area contributed by atoms with E-state index in [4.69, 9.17) is 9.26 Å². The Labute approximate surface area is 185 Å². The average molecular weight is 483 g/mol. The summed E-state index contributed by atoms with van der Waals surface area (Å²) in [6.45, 7) is -0.565. The fourth-order valence-corrected chi connectivity index (χ4v) is 4.61. The summed E-state index contributed by atoms with van der Waals surface area (Å²) < 4.78 is 61.5. The van der Waals surface area contributed by atoms with Crippen molar-refractivity contribution < 1.29 is 36.7 Å². The van der Waals surface area contributed by atoms with E-state index in [1.807, 2.05) is 0 Å². The summed E-state index contributed by atoms with van der Waals surface area (Å²) in [5.74, 6) is -0.298. The van der Waals surface area contributed by atoms with Crippen LogP contribution in [0.2, 0.25) is 0 Å². The summed E-state index contributed by atoms with van der Waals surface area (Å²) in [6.07, 6.45) is -4.81. The van der Waals surface area contributed by atoms with Crippen LogP contribution < -0.4 is 5.01 Å². The van der Waals surface area contributed by atoms with Crippen LogP contribution in [0.25, 0.3) is 5.70 Å². The van der Waals surface area contributed by atoms with Gasteiger partial charge in [0.1, 0.15) is 0 Å². The van der Waals surface area contributed by atoms with Crippen LogP contribution in [0.5, 0.6) is 0 Å². The summed E-state index contributed by atoms with van der Waals surface area (Å²) in [5.41, 5.74) is -0.373. The number of alkyl halides is 3. The zero-order chi connectivity index (χ0) is 24.2. The topological polar surface area (TPSA) is 111 Å². The van der Waals surface area contributed by atoms with Gasteiger partial charge in [-0.1, -0.05) is 30.3 Å². The Morgan fingerprint density at radius 1 is 1.15 bits per heavy atom. The van der Waals surface area contributed by atoms with Crippen LogP contribution in [0.1, 0.15) is 12.5 Å². The third-order valence-corrected chi connectivity index (χ3v) is 6.22. The third-order valence-electron chi connectivity index (χ3n) is 4.26. The number of carbonyl (C=O) groups is 1. The van der Waals surface area contributed by atoms with E-state index in [0.29, 0.717) is 5.56 Å². The minimum absolute atomic E-state index is 0.0583. The predicted molar refractivity (Wildman–Crippen MR) is 114 cm³/mol. The largest absolute Gasteiger partial charge is 0.461 e. The average Bonchev–Trinajstić information content (AvgIpc) is 2.78. The molecule has 1 atom stereocenters. The molecule has 2 aromatic carbocycles. The second-order valence-corrected chi connectivity index (χ2v) is 8.73. The van der Waals surface area contributed by atoms with Crippen molar-refractivity contribution in [3.05, 3.63) is 76.1 Å². The predicted octanol–water partition coefficient (Wildman–Crippen LogP) is 5.15. The molecule has 9 nitrogen and oxygen atoms in total. The maximum absolute atomic E-state index is 13.5. The van der Waals surface area contributed by atoms with Crippen LogP contribution >= 0.6 is 7.37 Å². The Hall–Kier alpha value is -3.50. The Morgan fingerprint density at radius 2 is 1.79 bits per heavy atom. The summed E-state index contributed by atoms with van der Waals surface area (Å²) in [5, 5.41) is 16.1. The zero-order valence-electron chi connectivity index (χ0n) is 17.1. The molecule has 174 valence electrons. The smallest absolute Gasteiger partial charge is 0.412 e. The number of rotatable bonds is 7. The molecule has 1 aliphatic heterocycles. The Morgan fingerprint density at radius 3 is 2.33 bits per heavy atom. The Bertz CT molecular complexity index is 1150. The second kappa shape index (κ2) is 9.55. The van der Waals surface area contributed by atoms with E-state index in [-0.39, 0.29) is 23.7 Å². The monoisotopic (exact) mass is 483 g/mol. The first-order valence-electron chi connectivity index (χ1n) is 9.44. The maximum atomic E-state index is 13.5. The third kappa shape index (κ3) is 5.65. The van der Waals surface area contributed by atoms with Gasteiger partial charge in [0, 0.05) is 23.5 Å². The van der Waals surface area contributed by atoms with Gasteiger partial charge in [-0.25, -0.2) is 9.80 Å². The first-order chi connectivity index (χ1) is 15.5. The number of hydrogen-bond acceptors (Lipinski definition) is 8. The number of hydrogen-bond donors (Lipinski definition) is 0. The summed E-state index contributed by atoms with van der Waals surface area (Å²) in [6, 6.07) is 13.2. The highest BCUT2D eigenvalue weighted by molar-refractivity contribution is 7.82. The van der Waals surface area contributed by atoms with Gasteiger partial charge in [-0.15, -0.1) is 0 Å². The summed E-state index contributed by atoms with van der Waals surface area (Å²) >= 11 is 0. The van der Waals surface area contributed by atoms with Crippen molar-refractivity contribution >= 4 is 35.9 Å². The number of benzene rings is 2. The maximum Gasteiger partial charge on any atom is 0.412 e. The van der Waals surface area contributed by atoms with Crippen molar-refractivity contribution in [2.24, 2.45) is 5.10 Å². The minimum atomic E-state index is -4.81. The lowest BCUT2D eigenvalue weighted by molar-refractivity contribution is -0.384. The number of nitrogens with zero attached hydrogens (tertiary/aromatic N) is 3. The van der Waals surface area contributed by atoms with Crippen molar-refractivity contribution in [1.82, 2.24) is 0 Å². The Kier molecular flexibility index (Phi) is 6.99. The normalized spacial score (nSPS) is 18.4. The molecule has 13 heteroatoms. The molecule has 33 heavy (non-hydrogen) atoms. The van der Waals surface area contributed by atoms with E-state index in [1.54, 1.807) is 30.3 Å². The lowest BCUT2D eigenvalue weighted by Crippen LogP contribution is -2.29. The van der Waals surface area contributed by atoms with Crippen molar-refractivity contribution in [2.45, 2.75) is 13.1 Å². The number of carbonyl (C=O) groups excluding carboxylic acids is 1. The highest BCUT2D eigenvalue weighted by Crippen LogP contribution is 2.56. The molecular formula is C20H17F3N3O6P. The molecule has 2 aromatic rings. The lowest BCUT2D eigenvalue weighted by Gasteiger charge is -2.30. The summed E-state index contributed by atoms with van der Waals surface area (Å²) in [7, 11) is -4.57. The number of non-ortho nitro benzene ring substituents is 1. The fourth-order valence-electron chi connectivity index (χ4n) is 2.84. The molecule has 3 rings (SSSR count). The highest BCUT2D eigenvalue weighted by Gasteiger charge is 2.44. The van der Waals surface area contributed by atoms with Crippen molar-refractivity contribution in [2.75, 3.05) is 18.2 Å². The highest BCUT2D eigenvalue weighted by atomic mass is 31.2. The van der Waals surface area contributed by atoms with Gasteiger partial charge in [0.2, 0.25) is 5.45 Å². The molecule has 0 aliphatic carbocycles. The molecule has 0 saturated heterocycles. The molecule has 0 amide bonds. The minimum Gasteiger partial charge on any atom is -0.461 e. The van der Waals surface area contributed by atoms with Crippen LogP contribution in [0.3, 0.4) is 0 Å². The first-order valence-corrected chi connectivity index (χ1v) is 11.1. The van der Waals surface area contributed by atoms with Crippen molar-refractivity contribution in [3.8, 4) is 0 Å². The van der Waals surface area contributed by atoms with Crippen LogP contribution in [-0.2, 0) is 18.6 Å². The van der Waals surface area contributed by atoms with Gasteiger partial charge in [0.05, 0.1) is 22.9 Å². The number of ether oxygens (including phenoxy) is 1. The Balaban J connectivity index is 2.17. The van der Waals surface area contributed by atoms with E-state index in [2.05, 4.69) is 5.10 Å². The van der Waals surface area contributed by atoms with E-state index >= 15 is 0 Å². The van der Waals surface area contributed by atoms with E-state index in [1.165, 1.54) is 31.2 Å². The van der Waals surface area contributed by atoms with Gasteiger partial charge in [-0.2, -0.15) is 18.3 Å². The molecule has 1 heterocycles. The molecule has 1 aliphatic rings. The quantitative estimate of drug-likeness (QED) is 0.232. The van der Waals surface area contributed by atoms with Gasteiger partial charge in [-0.3, -0.25) is 14.7 Å². The molecule has 0 aromatic heterocycles. The number of esters is 1. The van der Waals surface area contributed by atoms with E-state index in [9.17, 15) is 32.6 Å². The fraction of sp³-hybridized carbons (Fsp3) is 0.200. The van der Waals surface area contributed by atoms with Gasteiger partial charge in [-0.05, 0) is 19.1 Å². The van der Waals surface area contributed by atoms with E-state index in [0.717, 1.165) is 10.8 Å². The van der Waals surface area contributed by atoms with Crippen LogP contribution in [0, 0.1) is 10.1 Å². The summed E-state index contributed by atoms with van der Waals surface area (Å²) in [4.78, 5) is 22.8. The second-order valence-electron chi connectivity index (χ2n) is 6.60. The first kappa shape index (κ1) is 24.1. The van der Waals surface area contributed by atoms with Crippen molar-refractivity contribution in [1.29, 1.82) is 0 Å². The lowest BCUT2D eigenvalue weighted by atomic mass is 10.1. The van der Waals surface area contributed by atoms with Gasteiger partial charge in [0.15, 0.2) is 6.61 Å². The molecule has 0 saturated carbocycles. The molecule has 0 radical (unpaired) electrons. The zero-order valence-corrected chi connectivity index (χ0v) is 18.0.